The Hall–Kier alpha value is -3.20. The summed E-state index contributed by atoms with van der Waals surface area (Å²) < 4.78 is 60.6. The van der Waals surface area contributed by atoms with Gasteiger partial charge in [0.15, 0.2) is 11.6 Å². The molecule has 0 spiro atoms. The van der Waals surface area contributed by atoms with Crippen LogP contribution in [0.3, 0.4) is 0 Å². The summed E-state index contributed by atoms with van der Waals surface area (Å²) in [7, 11) is 1.54. The van der Waals surface area contributed by atoms with E-state index in [1.54, 1.807) is 18.2 Å². The predicted octanol–water partition coefficient (Wildman–Crippen LogP) is 5.92. The monoisotopic (exact) mass is 518 g/mol. The molecule has 3 aromatic rings. The van der Waals surface area contributed by atoms with Crippen molar-refractivity contribution in [3.63, 3.8) is 0 Å². The van der Waals surface area contributed by atoms with Gasteiger partial charge >= 0.3 is 5.97 Å². The van der Waals surface area contributed by atoms with E-state index in [9.17, 15) is 27.5 Å². The minimum Gasteiger partial charge on any atom is -0.497 e. The van der Waals surface area contributed by atoms with Crippen molar-refractivity contribution in [1.29, 1.82) is 0 Å². The fraction of sp³-hybridized carbons (Fsp3) is 0.429. The van der Waals surface area contributed by atoms with E-state index in [2.05, 4.69) is 9.88 Å². The molecule has 9 heteroatoms. The van der Waals surface area contributed by atoms with Crippen LogP contribution in [0.5, 0.6) is 5.75 Å². The van der Waals surface area contributed by atoms with E-state index in [1.165, 1.54) is 13.3 Å². The van der Waals surface area contributed by atoms with Crippen LogP contribution in [-0.4, -0.2) is 47.7 Å². The van der Waals surface area contributed by atoms with Gasteiger partial charge in [0.2, 0.25) is 0 Å². The number of fused-ring (bicyclic) bond motifs is 1. The third kappa shape index (κ3) is 6.04. The molecule has 5 nitrogen and oxygen atoms in total. The van der Waals surface area contributed by atoms with Crippen LogP contribution in [0, 0.1) is 28.7 Å². The number of hydrogen-bond acceptors (Lipinski definition) is 4. The van der Waals surface area contributed by atoms with Crippen LogP contribution in [0.4, 0.5) is 17.6 Å². The summed E-state index contributed by atoms with van der Waals surface area (Å²) in [6, 6.07) is 6.81. The minimum atomic E-state index is -1.20. The number of nitrogens with zero attached hydrogens (tertiary/aromatic N) is 2. The molecule has 0 radical (unpaired) electrons. The molecular weight excluding hydrogens is 488 g/mol. The summed E-state index contributed by atoms with van der Waals surface area (Å²) in [4.78, 5) is 18.5. The number of rotatable bonds is 10. The summed E-state index contributed by atoms with van der Waals surface area (Å²) in [6.07, 6.45) is 4.07. The van der Waals surface area contributed by atoms with Gasteiger partial charge in [-0.05, 0) is 100.0 Å². The molecule has 37 heavy (non-hydrogen) atoms. The second-order valence-corrected chi connectivity index (χ2v) is 9.71. The molecule has 1 N–H and O–H groups in total. The van der Waals surface area contributed by atoms with Crippen LogP contribution in [-0.2, 0) is 17.6 Å². The van der Waals surface area contributed by atoms with Crippen LogP contribution < -0.4 is 4.74 Å². The zero-order valence-electron chi connectivity index (χ0n) is 20.7. The van der Waals surface area contributed by atoms with Gasteiger partial charge in [-0.25, -0.2) is 17.6 Å². The molecule has 0 atom stereocenters. The molecule has 1 fully saturated rings. The van der Waals surface area contributed by atoms with Crippen molar-refractivity contribution in [2.75, 3.05) is 26.7 Å². The number of hydrogen-bond donors (Lipinski definition) is 1. The fourth-order valence-corrected chi connectivity index (χ4v) is 5.25. The average molecular weight is 519 g/mol. The molecule has 0 bridgehead atoms. The fourth-order valence-electron chi connectivity index (χ4n) is 5.25. The lowest BCUT2D eigenvalue weighted by Gasteiger charge is -2.39. The lowest BCUT2D eigenvalue weighted by Crippen LogP contribution is -2.44. The standard InChI is InChI=1S/C28H30F4N2O3/c1-37-20-6-7-25-22(16-20)21(24(31)17-33-25)5-2-8-28(27(35)36)9-12-34(13-10-28)11-3-4-18-14-19(29)15-23(30)26(18)32/h6-7,14-17H,2-5,8-13H2,1H3,(H,35,36). The van der Waals surface area contributed by atoms with E-state index in [1.807, 2.05) is 0 Å². The number of benzene rings is 2. The van der Waals surface area contributed by atoms with Crippen LogP contribution >= 0.6 is 0 Å². The number of aromatic nitrogens is 1. The molecule has 1 aliphatic heterocycles. The molecule has 2 aromatic carbocycles. The number of likely N-dealkylation sites (tertiary alicyclic amines) is 1. The van der Waals surface area contributed by atoms with Crippen molar-refractivity contribution in [1.82, 2.24) is 9.88 Å². The molecule has 0 amide bonds. The minimum absolute atomic E-state index is 0.00267. The molecule has 1 saturated heterocycles. The smallest absolute Gasteiger partial charge is 0.309 e. The molecule has 1 aliphatic rings. The Morgan fingerprint density at radius 2 is 1.81 bits per heavy atom. The first-order chi connectivity index (χ1) is 17.7. The normalized spacial score (nSPS) is 15.7. The Labute approximate surface area is 213 Å². The summed E-state index contributed by atoms with van der Waals surface area (Å²) in [5, 5.41) is 10.7. The number of aliphatic carboxylic acids is 1. The molecule has 0 unspecified atom stereocenters. The topological polar surface area (TPSA) is 62.7 Å². The van der Waals surface area contributed by atoms with Gasteiger partial charge in [-0.2, -0.15) is 0 Å². The van der Waals surface area contributed by atoms with Gasteiger partial charge in [0.1, 0.15) is 17.4 Å². The number of ether oxygens (including phenoxy) is 1. The highest BCUT2D eigenvalue weighted by atomic mass is 19.2. The van der Waals surface area contributed by atoms with Gasteiger partial charge in [-0.3, -0.25) is 9.78 Å². The highest BCUT2D eigenvalue weighted by Gasteiger charge is 2.40. The summed E-state index contributed by atoms with van der Waals surface area (Å²) >= 11 is 0. The van der Waals surface area contributed by atoms with E-state index < -0.39 is 34.7 Å². The number of halogens is 4. The maximum Gasteiger partial charge on any atom is 0.309 e. The van der Waals surface area contributed by atoms with Crippen molar-refractivity contribution in [2.24, 2.45) is 5.41 Å². The highest BCUT2D eigenvalue weighted by molar-refractivity contribution is 5.83. The Morgan fingerprint density at radius 3 is 2.51 bits per heavy atom. The maximum atomic E-state index is 14.6. The van der Waals surface area contributed by atoms with Crippen LogP contribution in [0.1, 0.15) is 43.2 Å². The molecule has 1 aromatic heterocycles. The zero-order chi connectivity index (χ0) is 26.6. The molecule has 4 rings (SSSR count). The van der Waals surface area contributed by atoms with Gasteiger partial charge < -0.3 is 14.7 Å². The number of carboxylic acid groups (broad SMARTS) is 1. The maximum absolute atomic E-state index is 14.6. The van der Waals surface area contributed by atoms with E-state index in [4.69, 9.17) is 4.74 Å². The largest absolute Gasteiger partial charge is 0.497 e. The SMILES string of the molecule is COc1ccc2ncc(F)c(CCCC3(C(=O)O)CCN(CCCc4cc(F)cc(F)c4F)CC3)c2c1. The van der Waals surface area contributed by atoms with E-state index in [0.29, 0.717) is 86.4 Å². The number of carboxylic acids is 1. The van der Waals surface area contributed by atoms with Crippen molar-refractivity contribution in [3.8, 4) is 5.75 Å². The van der Waals surface area contributed by atoms with Gasteiger partial charge in [0, 0.05) is 11.5 Å². The molecular formula is C28H30F4N2O3. The van der Waals surface area contributed by atoms with Crippen molar-refractivity contribution >= 4 is 16.9 Å². The third-order valence-electron chi connectivity index (χ3n) is 7.47. The zero-order valence-corrected chi connectivity index (χ0v) is 20.7. The first-order valence-electron chi connectivity index (χ1n) is 12.4. The lowest BCUT2D eigenvalue weighted by molar-refractivity contribution is -0.152. The van der Waals surface area contributed by atoms with E-state index >= 15 is 0 Å². The summed E-state index contributed by atoms with van der Waals surface area (Å²) in [5.74, 6) is -3.71. The molecule has 2 heterocycles. The Kier molecular flexibility index (Phi) is 8.32. The Balaban J connectivity index is 1.33. The van der Waals surface area contributed by atoms with Crippen molar-refractivity contribution in [2.45, 2.75) is 44.9 Å². The number of methoxy groups -OCH3 is 1. The van der Waals surface area contributed by atoms with Gasteiger partial charge in [0.25, 0.3) is 0 Å². The Bertz CT molecular complexity index is 1280. The number of carbonyl (C=O) groups is 1. The third-order valence-corrected chi connectivity index (χ3v) is 7.47. The lowest BCUT2D eigenvalue weighted by atomic mass is 9.74. The van der Waals surface area contributed by atoms with Crippen LogP contribution in [0.25, 0.3) is 10.9 Å². The van der Waals surface area contributed by atoms with Crippen molar-refractivity contribution < 1.29 is 32.2 Å². The summed E-state index contributed by atoms with van der Waals surface area (Å²) in [6.45, 7) is 1.68. The van der Waals surface area contributed by atoms with E-state index in [-0.39, 0.29) is 12.0 Å². The second-order valence-electron chi connectivity index (χ2n) is 9.71. The Morgan fingerprint density at radius 1 is 1.05 bits per heavy atom. The summed E-state index contributed by atoms with van der Waals surface area (Å²) in [5.41, 5.74) is 0.260. The van der Waals surface area contributed by atoms with E-state index in [0.717, 1.165) is 6.07 Å². The van der Waals surface area contributed by atoms with Crippen molar-refractivity contribution in [3.05, 3.63) is 70.9 Å². The van der Waals surface area contributed by atoms with Crippen LogP contribution in [0.15, 0.2) is 36.5 Å². The average Bonchev–Trinajstić information content (AvgIpc) is 2.88. The van der Waals surface area contributed by atoms with Crippen LogP contribution in [0.2, 0.25) is 0 Å². The molecule has 0 aliphatic carbocycles. The second kappa shape index (κ2) is 11.5. The number of aryl methyl sites for hydroxylation is 2. The van der Waals surface area contributed by atoms with Gasteiger partial charge in [0.05, 0.1) is 24.2 Å². The first kappa shape index (κ1) is 26.9. The predicted molar refractivity (Wildman–Crippen MR) is 132 cm³/mol. The quantitative estimate of drug-likeness (QED) is 0.267. The highest BCUT2D eigenvalue weighted by Crippen LogP contribution is 2.38. The first-order valence-corrected chi connectivity index (χ1v) is 12.4. The number of piperidine rings is 1. The molecule has 198 valence electrons. The number of pyridine rings is 1. The molecule has 0 saturated carbocycles. The van der Waals surface area contributed by atoms with Gasteiger partial charge in [-0.1, -0.05) is 0 Å². The van der Waals surface area contributed by atoms with Gasteiger partial charge in [-0.15, -0.1) is 0 Å².